The molecule has 0 spiro atoms. The van der Waals surface area contributed by atoms with Crippen LogP contribution in [0.2, 0.25) is 0 Å². The van der Waals surface area contributed by atoms with Crippen molar-refractivity contribution in [2.45, 2.75) is 26.4 Å². The first kappa shape index (κ1) is 25.1. The van der Waals surface area contributed by atoms with Gasteiger partial charge in [-0.15, -0.1) is 0 Å². The molecule has 10 heteroatoms. The van der Waals surface area contributed by atoms with Crippen molar-refractivity contribution >= 4 is 27.5 Å². The number of likely N-dealkylation sites (N-methyl/N-ethyl adjacent to an activating group) is 1. The molecule has 0 saturated heterocycles. The number of ether oxygens (including phenoxy) is 1. The smallest absolute Gasteiger partial charge is 0.244 e. The Morgan fingerprint density at radius 1 is 1.12 bits per heavy atom. The van der Waals surface area contributed by atoms with Crippen LogP contribution in [-0.4, -0.2) is 57.6 Å². The normalized spacial score (nSPS) is 12.0. The number of hydrogen-bond acceptors (Lipinski definition) is 5. The van der Waals surface area contributed by atoms with Gasteiger partial charge in [-0.1, -0.05) is 24.3 Å². The molecule has 0 bridgehead atoms. The number of halogens is 1. The Morgan fingerprint density at radius 3 is 2.28 bits per heavy atom. The molecule has 2 amide bonds. The SMILES string of the molecule is CCNC(=O)C(C)N(Cc1ccc(OC)cc1)C(=O)CN(c1ccccc1F)S(C)(=O)=O. The highest BCUT2D eigenvalue weighted by molar-refractivity contribution is 7.92. The van der Waals surface area contributed by atoms with Crippen LogP contribution in [-0.2, 0) is 26.2 Å². The lowest BCUT2D eigenvalue weighted by Gasteiger charge is -2.31. The Labute approximate surface area is 188 Å². The Morgan fingerprint density at radius 2 is 1.75 bits per heavy atom. The molecule has 174 valence electrons. The summed E-state index contributed by atoms with van der Waals surface area (Å²) in [7, 11) is -2.45. The Bertz CT molecular complexity index is 1040. The molecule has 0 radical (unpaired) electrons. The summed E-state index contributed by atoms with van der Waals surface area (Å²) in [5, 5.41) is 2.66. The first-order valence-corrected chi connectivity index (χ1v) is 11.9. The number of carbonyl (C=O) groups excluding carboxylic acids is 2. The van der Waals surface area contributed by atoms with E-state index in [4.69, 9.17) is 4.74 Å². The van der Waals surface area contributed by atoms with E-state index in [2.05, 4.69) is 5.32 Å². The molecule has 1 unspecified atom stereocenters. The van der Waals surface area contributed by atoms with Crippen molar-refractivity contribution in [3.05, 3.63) is 59.9 Å². The van der Waals surface area contributed by atoms with Crippen LogP contribution in [0.15, 0.2) is 48.5 Å². The number of nitrogens with zero attached hydrogens (tertiary/aromatic N) is 2. The third kappa shape index (κ3) is 6.43. The second kappa shape index (κ2) is 10.9. The minimum atomic E-state index is -3.98. The van der Waals surface area contributed by atoms with Crippen molar-refractivity contribution in [1.82, 2.24) is 10.2 Å². The number of rotatable bonds is 10. The number of sulfonamides is 1. The Hall–Kier alpha value is -3.14. The zero-order valence-corrected chi connectivity index (χ0v) is 19.4. The van der Waals surface area contributed by atoms with Gasteiger partial charge in [0.15, 0.2) is 0 Å². The van der Waals surface area contributed by atoms with Gasteiger partial charge in [-0.25, -0.2) is 12.8 Å². The molecule has 0 aromatic heterocycles. The largest absolute Gasteiger partial charge is 0.497 e. The topological polar surface area (TPSA) is 96.0 Å². The molecule has 0 heterocycles. The van der Waals surface area contributed by atoms with Crippen LogP contribution in [0.25, 0.3) is 0 Å². The summed E-state index contributed by atoms with van der Waals surface area (Å²) in [4.78, 5) is 27.0. The first-order valence-electron chi connectivity index (χ1n) is 10.0. The van der Waals surface area contributed by atoms with E-state index in [1.807, 2.05) is 0 Å². The van der Waals surface area contributed by atoms with E-state index in [0.29, 0.717) is 22.2 Å². The third-order valence-corrected chi connectivity index (χ3v) is 5.96. The zero-order valence-electron chi connectivity index (χ0n) is 18.5. The van der Waals surface area contributed by atoms with E-state index in [-0.39, 0.29) is 18.1 Å². The second-order valence-corrected chi connectivity index (χ2v) is 9.07. The van der Waals surface area contributed by atoms with Crippen LogP contribution in [0.5, 0.6) is 5.75 Å². The molecule has 0 fully saturated rings. The van der Waals surface area contributed by atoms with E-state index < -0.39 is 34.3 Å². The highest BCUT2D eigenvalue weighted by Gasteiger charge is 2.30. The van der Waals surface area contributed by atoms with Crippen molar-refractivity contribution < 1.29 is 27.1 Å². The molecular formula is C22H28FN3O5S. The molecular weight excluding hydrogens is 437 g/mol. The molecule has 0 aliphatic heterocycles. The number of benzene rings is 2. The standard InChI is InChI=1S/C22H28FN3O5S/c1-5-24-22(28)16(2)25(14-17-10-12-18(31-3)13-11-17)21(27)15-26(32(4,29)30)20-9-7-6-8-19(20)23/h6-13,16H,5,14-15H2,1-4H3,(H,24,28). The maximum atomic E-state index is 14.3. The number of amides is 2. The van der Waals surface area contributed by atoms with Crippen molar-refractivity contribution in [2.24, 2.45) is 0 Å². The number of nitrogens with one attached hydrogen (secondary N) is 1. The van der Waals surface area contributed by atoms with Crippen molar-refractivity contribution in [3.8, 4) is 5.75 Å². The van der Waals surface area contributed by atoms with Crippen LogP contribution in [0.1, 0.15) is 19.4 Å². The van der Waals surface area contributed by atoms with Gasteiger partial charge in [-0.05, 0) is 43.7 Å². The van der Waals surface area contributed by atoms with Gasteiger partial charge < -0.3 is 15.0 Å². The number of anilines is 1. The summed E-state index contributed by atoms with van der Waals surface area (Å²) in [6.45, 7) is 3.08. The van der Waals surface area contributed by atoms with Crippen LogP contribution < -0.4 is 14.4 Å². The maximum absolute atomic E-state index is 14.3. The van der Waals surface area contributed by atoms with Gasteiger partial charge >= 0.3 is 0 Å². The molecule has 1 N–H and O–H groups in total. The first-order chi connectivity index (χ1) is 15.1. The van der Waals surface area contributed by atoms with Crippen molar-refractivity contribution in [2.75, 3.05) is 30.8 Å². The lowest BCUT2D eigenvalue weighted by molar-refractivity contribution is -0.139. The summed E-state index contributed by atoms with van der Waals surface area (Å²) in [5.41, 5.74) is 0.477. The predicted octanol–water partition coefficient (Wildman–Crippen LogP) is 2.15. The van der Waals surface area contributed by atoms with Gasteiger partial charge in [-0.2, -0.15) is 0 Å². The molecule has 0 aliphatic rings. The van der Waals surface area contributed by atoms with Crippen LogP contribution in [0, 0.1) is 5.82 Å². The van der Waals surface area contributed by atoms with Crippen LogP contribution in [0.3, 0.4) is 0 Å². The van der Waals surface area contributed by atoms with Gasteiger partial charge in [0.25, 0.3) is 0 Å². The fourth-order valence-electron chi connectivity index (χ4n) is 3.08. The zero-order chi connectivity index (χ0) is 23.9. The minimum Gasteiger partial charge on any atom is -0.497 e. The molecule has 2 aromatic carbocycles. The number of hydrogen-bond donors (Lipinski definition) is 1. The molecule has 1 atom stereocenters. The molecule has 8 nitrogen and oxygen atoms in total. The molecule has 0 saturated carbocycles. The number of carbonyl (C=O) groups is 2. The minimum absolute atomic E-state index is 0.0516. The number of para-hydroxylation sites is 1. The highest BCUT2D eigenvalue weighted by Crippen LogP contribution is 2.22. The average molecular weight is 466 g/mol. The van der Waals surface area contributed by atoms with E-state index in [9.17, 15) is 22.4 Å². The second-order valence-electron chi connectivity index (χ2n) is 7.16. The van der Waals surface area contributed by atoms with Crippen molar-refractivity contribution in [3.63, 3.8) is 0 Å². The predicted molar refractivity (Wildman–Crippen MR) is 120 cm³/mol. The molecule has 2 rings (SSSR count). The monoisotopic (exact) mass is 465 g/mol. The number of methoxy groups -OCH3 is 1. The van der Waals surface area contributed by atoms with Gasteiger partial charge in [0.1, 0.15) is 24.2 Å². The fourth-order valence-corrected chi connectivity index (χ4v) is 3.93. The summed E-state index contributed by atoms with van der Waals surface area (Å²) < 4.78 is 44.9. The molecule has 32 heavy (non-hydrogen) atoms. The van der Waals surface area contributed by atoms with Gasteiger partial charge in [0.2, 0.25) is 21.8 Å². The third-order valence-electron chi connectivity index (χ3n) is 4.83. The van der Waals surface area contributed by atoms with E-state index in [1.165, 1.54) is 30.2 Å². The molecule has 2 aromatic rings. The quantitative estimate of drug-likeness (QED) is 0.580. The van der Waals surface area contributed by atoms with E-state index >= 15 is 0 Å². The summed E-state index contributed by atoms with van der Waals surface area (Å²) in [6.07, 6.45) is 0.897. The summed E-state index contributed by atoms with van der Waals surface area (Å²) in [6, 6.07) is 11.3. The van der Waals surface area contributed by atoms with E-state index in [1.54, 1.807) is 38.1 Å². The average Bonchev–Trinajstić information content (AvgIpc) is 2.75. The van der Waals surface area contributed by atoms with Crippen molar-refractivity contribution in [1.29, 1.82) is 0 Å². The van der Waals surface area contributed by atoms with Gasteiger partial charge in [0.05, 0.1) is 19.1 Å². The maximum Gasteiger partial charge on any atom is 0.244 e. The molecule has 0 aliphatic carbocycles. The van der Waals surface area contributed by atoms with Gasteiger partial charge in [0, 0.05) is 13.1 Å². The van der Waals surface area contributed by atoms with Crippen LogP contribution >= 0.6 is 0 Å². The summed E-state index contributed by atoms with van der Waals surface area (Å²) >= 11 is 0. The Balaban J connectivity index is 2.38. The van der Waals surface area contributed by atoms with E-state index in [0.717, 1.165) is 12.3 Å². The summed E-state index contributed by atoms with van der Waals surface area (Å²) in [5.74, 6) is -1.17. The fraction of sp³-hybridized carbons (Fsp3) is 0.364. The Kier molecular flexibility index (Phi) is 8.59. The van der Waals surface area contributed by atoms with Gasteiger partial charge in [-0.3, -0.25) is 13.9 Å². The lowest BCUT2D eigenvalue weighted by atomic mass is 10.1. The highest BCUT2D eigenvalue weighted by atomic mass is 32.2. The van der Waals surface area contributed by atoms with Crippen LogP contribution in [0.4, 0.5) is 10.1 Å². The lowest BCUT2D eigenvalue weighted by Crippen LogP contribution is -2.51.